The number of rotatable bonds is 9. The molecule has 0 radical (unpaired) electrons. The smallest absolute Gasteiger partial charge is 0.0598 e. The van der Waals surface area contributed by atoms with Gasteiger partial charge >= 0.3 is 0 Å². The van der Waals surface area contributed by atoms with Crippen LogP contribution in [-0.2, 0) is 9.47 Å². The zero-order chi connectivity index (χ0) is 14.1. The van der Waals surface area contributed by atoms with Gasteiger partial charge in [0, 0.05) is 19.8 Å². The van der Waals surface area contributed by atoms with Crippen LogP contribution >= 0.6 is 0 Å². The van der Waals surface area contributed by atoms with Gasteiger partial charge in [-0.15, -0.1) is 0 Å². The second-order valence-corrected chi connectivity index (χ2v) is 7.30. The van der Waals surface area contributed by atoms with Gasteiger partial charge in [0.25, 0.3) is 0 Å². The molecule has 2 nitrogen and oxygen atoms in total. The van der Waals surface area contributed by atoms with E-state index in [1.54, 1.807) is 0 Å². The van der Waals surface area contributed by atoms with E-state index in [1.807, 2.05) is 0 Å². The summed E-state index contributed by atoms with van der Waals surface area (Å²) in [5, 5.41) is 0. The highest BCUT2D eigenvalue weighted by atomic mass is 16.5. The SMILES string of the molecule is CC(C)(C)CCCOCCCCCOC(C)(C)C. The lowest BCUT2D eigenvalue weighted by Gasteiger charge is -2.19. The van der Waals surface area contributed by atoms with Crippen LogP contribution in [0.2, 0.25) is 0 Å². The van der Waals surface area contributed by atoms with Crippen LogP contribution in [0.15, 0.2) is 0 Å². The van der Waals surface area contributed by atoms with Crippen LogP contribution in [0.1, 0.15) is 73.6 Å². The standard InChI is InChI=1S/C16H34O2/c1-15(2,3)11-10-13-17-12-8-7-9-14-18-16(4,5)6/h7-14H2,1-6H3. The molecule has 0 bridgehead atoms. The highest BCUT2D eigenvalue weighted by Gasteiger charge is 2.09. The van der Waals surface area contributed by atoms with E-state index in [-0.39, 0.29) is 5.60 Å². The Morgan fingerprint density at radius 2 is 1.22 bits per heavy atom. The van der Waals surface area contributed by atoms with Crippen molar-refractivity contribution in [3.05, 3.63) is 0 Å². The molecule has 0 saturated carbocycles. The van der Waals surface area contributed by atoms with E-state index >= 15 is 0 Å². The van der Waals surface area contributed by atoms with Crippen LogP contribution in [0.25, 0.3) is 0 Å². The summed E-state index contributed by atoms with van der Waals surface area (Å²) in [7, 11) is 0. The number of ether oxygens (including phenoxy) is 2. The highest BCUT2D eigenvalue weighted by Crippen LogP contribution is 2.20. The summed E-state index contributed by atoms with van der Waals surface area (Å²) in [5.41, 5.74) is 0.442. The topological polar surface area (TPSA) is 18.5 Å². The molecule has 0 atom stereocenters. The molecular formula is C16H34O2. The van der Waals surface area contributed by atoms with E-state index in [4.69, 9.17) is 9.47 Å². The van der Waals surface area contributed by atoms with E-state index in [0.29, 0.717) is 5.41 Å². The average molecular weight is 258 g/mol. The maximum absolute atomic E-state index is 5.67. The lowest BCUT2D eigenvalue weighted by atomic mass is 9.91. The molecule has 2 heteroatoms. The molecule has 0 aliphatic heterocycles. The van der Waals surface area contributed by atoms with Crippen molar-refractivity contribution in [3.8, 4) is 0 Å². The lowest BCUT2D eigenvalue weighted by Crippen LogP contribution is -2.19. The molecule has 110 valence electrons. The second-order valence-electron chi connectivity index (χ2n) is 7.30. The van der Waals surface area contributed by atoms with E-state index in [1.165, 1.54) is 19.3 Å². The van der Waals surface area contributed by atoms with Crippen LogP contribution in [0.5, 0.6) is 0 Å². The number of hydrogen-bond donors (Lipinski definition) is 0. The van der Waals surface area contributed by atoms with E-state index in [9.17, 15) is 0 Å². The molecule has 0 saturated heterocycles. The lowest BCUT2D eigenvalue weighted by molar-refractivity contribution is -0.00538. The predicted octanol–water partition coefficient (Wildman–Crippen LogP) is 4.81. The molecule has 18 heavy (non-hydrogen) atoms. The van der Waals surface area contributed by atoms with Crippen LogP contribution in [0.3, 0.4) is 0 Å². The zero-order valence-corrected chi connectivity index (χ0v) is 13.5. The van der Waals surface area contributed by atoms with Gasteiger partial charge in [0.05, 0.1) is 5.60 Å². The Labute approximate surface area is 114 Å². The third-order valence-electron chi connectivity index (χ3n) is 2.68. The first kappa shape index (κ1) is 17.9. The monoisotopic (exact) mass is 258 g/mol. The zero-order valence-electron chi connectivity index (χ0n) is 13.5. The van der Waals surface area contributed by atoms with Crippen molar-refractivity contribution >= 4 is 0 Å². The summed E-state index contributed by atoms with van der Waals surface area (Å²) in [4.78, 5) is 0. The van der Waals surface area contributed by atoms with Crippen LogP contribution in [0, 0.1) is 5.41 Å². The average Bonchev–Trinajstić information content (AvgIpc) is 2.17. The van der Waals surface area contributed by atoms with Crippen molar-refractivity contribution in [2.75, 3.05) is 19.8 Å². The van der Waals surface area contributed by atoms with Gasteiger partial charge in [-0.3, -0.25) is 0 Å². The molecule has 0 spiro atoms. The highest BCUT2D eigenvalue weighted by molar-refractivity contribution is 4.60. The van der Waals surface area contributed by atoms with Gasteiger partial charge in [0.2, 0.25) is 0 Å². The minimum Gasteiger partial charge on any atom is -0.381 e. The maximum Gasteiger partial charge on any atom is 0.0598 e. The fourth-order valence-electron chi connectivity index (χ4n) is 1.67. The molecule has 0 aliphatic carbocycles. The molecule has 0 rings (SSSR count). The Kier molecular flexibility index (Phi) is 8.89. The first-order chi connectivity index (χ1) is 8.21. The van der Waals surface area contributed by atoms with Gasteiger partial charge in [-0.05, 0) is 58.3 Å². The quantitative estimate of drug-likeness (QED) is 0.552. The minimum absolute atomic E-state index is 0.00343. The van der Waals surface area contributed by atoms with Crippen LogP contribution in [-0.4, -0.2) is 25.4 Å². The summed E-state index contributed by atoms with van der Waals surface area (Å²) < 4.78 is 11.3. The first-order valence-electron chi connectivity index (χ1n) is 7.42. The summed E-state index contributed by atoms with van der Waals surface area (Å²) in [6.45, 7) is 15.8. The van der Waals surface area contributed by atoms with E-state index in [0.717, 1.165) is 32.7 Å². The summed E-state index contributed by atoms with van der Waals surface area (Å²) >= 11 is 0. The largest absolute Gasteiger partial charge is 0.381 e. The Balaban J connectivity index is 3.13. The van der Waals surface area contributed by atoms with Crippen LogP contribution < -0.4 is 0 Å². The third-order valence-corrected chi connectivity index (χ3v) is 2.68. The Bertz CT molecular complexity index is 164. The normalized spacial score (nSPS) is 13.0. The van der Waals surface area contributed by atoms with E-state index in [2.05, 4.69) is 41.5 Å². The van der Waals surface area contributed by atoms with Crippen molar-refractivity contribution in [1.82, 2.24) is 0 Å². The molecule has 0 fully saturated rings. The van der Waals surface area contributed by atoms with Gasteiger partial charge in [-0.2, -0.15) is 0 Å². The van der Waals surface area contributed by atoms with Crippen molar-refractivity contribution in [2.45, 2.75) is 79.2 Å². The molecular weight excluding hydrogens is 224 g/mol. The van der Waals surface area contributed by atoms with Crippen molar-refractivity contribution in [3.63, 3.8) is 0 Å². The minimum atomic E-state index is 0.00343. The summed E-state index contributed by atoms with van der Waals surface area (Å²) in [6, 6.07) is 0. The van der Waals surface area contributed by atoms with Crippen LogP contribution in [0.4, 0.5) is 0 Å². The van der Waals surface area contributed by atoms with Crippen molar-refractivity contribution in [2.24, 2.45) is 5.41 Å². The summed E-state index contributed by atoms with van der Waals surface area (Å²) in [5.74, 6) is 0. The predicted molar refractivity (Wildman–Crippen MR) is 79.1 cm³/mol. The Hall–Kier alpha value is -0.0800. The Morgan fingerprint density at radius 1 is 0.667 bits per heavy atom. The molecule has 0 heterocycles. The molecule has 0 unspecified atom stereocenters. The van der Waals surface area contributed by atoms with Gasteiger partial charge in [0.1, 0.15) is 0 Å². The number of hydrogen-bond acceptors (Lipinski definition) is 2. The molecule has 0 amide bonds. The fourth-order valence-corrected chi connectivity index (χ4v) is 1.67. The second kappa shape index (κ2) is 8.92. The van der Waals surface area contributed by atoms with Crippen molar-refractivity contribution in [1.29, 1.82) is 0 Å². The molecule has 0 aromatic heterocycles. The molecule has 0 N–H and O–H groups in total. The molecule has 0 aromatic carbocycles. The number of unbranched alkanes of at least 4 members (excludes halogenated alkanes) is 2. The molecule has 0 aromatic rings. The van der Waals surface area contributed by atoms with Gasteiger partial charge in [-0.1, -0.05) is 20.8 Å². The third kappa shape index (κ3) is 15.9. The summed E-state index contributed by atoms with van der Waals surface area (Å²) in [6.07, 6.45) is 5.92. The maximum atomic E-state index is 5.67. The Morgan fingerprint density at radius 3 is 1.78 bits per heavy atom. The first-order valence-corrected chi connectivity index (χ1v) is 7.42. The van der Waals surface area contributed by atoms with Gasteiger partial charge < -0.3 is 9.47 Å². The fraction of sp³-hybridized carbons (Fsp3) is 1.00. The van der Waals surface area contributed by atoms with Gasteiger partial charge in [0.15, 0.2) is 0 Å². The van der Waals surface area contributed by atoms with Gasteiger partial charge in [-0.25, -0.2) is 0 Å². The van der Waals surface area contributed by atoms with E-state index < -0.39 is 0 Å². The molecule has 0 aliphatic rings. The van der Waals surface area contributed by atoms with Crippen molar-refractivity contribution < 1.29 is 9.47 Å².